The molecule has 0 unspecified atom stereocenters. The lowest BCUT2D eigenvalue weighted by molar-refractivity contribution is -0.112. The zero-order valence-electron chi connectivity index (χ0n) is 17.2. The fraction of sp³-hybridized carbons (Fsp3) is 0.333. The molecule has 1 heterocycles. The van der Waals surface area contributed by atoms with E-state index in [0.717, 1.165) is 35.5 Å². The van der Waals surface area contributed by atoms with Gasteiger partial charge in [0.25, 0.3) is 11.8 Å². The molecular weight excluding hydrogens is 396 g/mol. The molecule has 1 aliphatic carbocycles. The number of hydrogen-bond donors (Lipinski definition) is 2. The molecule has 4 rings (SSSR count). The van der Waals surface area contributed by atoms with Crippen LogP contribution in [0.3, 0.4) is 0 Å². The van der Waals surface area contributed by atoms with E-state index in [1.54, 1.807) is 13.2 Å². The normalized spacial score (nSPS) is 22.2. The number of carbonyl (C=O) groups is 2. The minimum atomic E-state index is -0.165. The van der Waals surface area contributed by atoms with E-state index >= 15 is 0 Å². The summed E-state index contributed by atoms with van der Waals surface area (Å²) in [5.74, 6) is 1.04. The number of benzene rings is 2. The lowest BCUT2D eigenvalue weighted by Gasteiger charge is -2.29. The van der Waals surface area contributed by atoms with Gasteiger partial charge in [-0.05, 0) is 60.7 Å². The number of nitrogens with one attached hydrogen (secondary N) is 2. The first kappa shape index (κ1) is 20.5. The number of ether oxygens (including phenoxy) is 1. The van der Waals surface area contributed by atoms with E-state index in [9.17, 15) is 9.59 Å². The largest absolute Gasteiger partial charge is 0.497 e. The van der Waals surface area contributed by atoms with Gasteiger partial charge in [0.05, 0.1) is 17.7 Å². The number of fused-ring (bicyclic) bond motifs is 1. The van der Waals surface area contributed by atoms with Crippen LogP contribution in [0.4, 0.5) is 5.69 Å². The second-order valence-corrected chi connectivity index (χ2v) is 8.97. The molecule has 2 aromatic carbocycles. The van der Waals surface area contributed by atoms with Gasteiger partial charge in [-0.15, -0.1) is 0 Å². The molecule has 0 bridgehead atoms. The number of carbonyl (C=O) groups excluding carboxylic acids is 2. The number of rotatable bonds is 4. The number of hydrogen-bond acceptors (Lipinski definition) is 4. The highest BCUT2D eigenvalue weighted by atomic mass is 32.2. The van der Waals surface area contributed by atoms with Crippen LogP contribution in [0, 0.1) is 5.92 Å². The van der Waals surface area contributed by atoms with Crippen molar-refractivity contribution in [2.24, 2.45) is 5.92 Å². The van der Waals surface area contributed by atoms with Crippen molar-refractivity contribution in [1.29, 1.82) is 0 Å². The van der Waals surface area contributed by atoms with Gasteiger partial charge in [0, 0.05) is 16.5 Å². The van der Waals surface area contributed by atoms with Gasteiger partial charge in [-0.25, -0.2) is 0 Å². The molecule has 30 heavy (non-hydrogen) atoms. The highest BCUT2D eigenvalue weighted by molar-refractivity contribution is 8.04. The van der Waals surface area contributed by atoms with Crippen LogP contribution in [0.25, 0.3) is 6.08 Å². The molecule has 2 N–H and O–H groups in total. The Kier molecular flexibility index (Phi) is 6.13. The second kappa shape index (κ2) is 8.96. The minimum absolute atomic E-state index is 0.0737. The van der Waals surface area contributed by atoms with Gasteiger partial charge in [0.2, 0.25) is 0 Å². The van der Waals surface area contributed by atoms with E-state index in [4.69, 9.17) is 4.74 Å². The Bertz CT molecular complexity index is 984. The molecule has 1 saturated carbocycles. The van der Waals surface area contributed by atoms with E-state index in [0.29, 0.717) is 22.1 Å². The Labute approximate surface area is 181 Å². The molecule has 0 aromatic heterocycles. The Morgan fingerprint density at radius 3 is 2.67 bits per heavy atom. The van der Waals surface area contributed by atoms with Crippen LogP contribution in [-0.4, -0.2) is 25.0 Å². The standard InChI is InChI=1S/C24H26N2O3S/c1-15-5-3-4-6-19(15)25-23(27)17-9-12-21-20(14-17)26-24(28)22(30-21)13-16-7-10-18(29-2)11-8-16/h7-15,19H,3-6H2,1-2H3,(H,25,27)(H,26,28)/b22-13+/t15-,19+/m0/s1. The lowest BCUT2D eigenvalue weighted by atomic mass is 9.86. The first-order valence-electron chi connectivity index (χ1n) is 10.3. The zero-order chi connectivity index (χ0) is 21.1. The molecule has 2 amide bonds. The molecule has 1 aliphatic heterocycles. The smallest absolute Gasteiger partial charge is 0.262 e. The van der Waals surface area contributed by atoms with Crippen molar-refractivity contribution in [3.63, 3.8) is 0 Å². The zero-order valence-corrected chi connectivity index (χ0v) is 18.1. The Hall–Kier alpha value is -2.73. The van der Waals surface area contributed by atoms with Crippen LogP contribution in [-0.2, 0) is 4.79 Å². The fourth-order valence-electron chi connectivity index (χ4n) is 3.94. The van der Waals surface area contributed by atoms with Crippen LogP contribution in [0.15, 0.2) is 52.3 Å². The molecule has 2 atom stereocenters. The minimum Gasteiger partial charge on any atom is -0.497 e. The maximum absolute atomic E-state index is 12.7. The number of thioether (sulfide) groups is 1. The number of methoxy groups -OCH3 is 1. The highest BCUT2D eigenvalue weighted by Crippen LogP contribution is 2.39. The van der Waals surface area contributed by atoms with Gasteiger partial charge in [0.15, 0.2) is 0 Å². The predicted octanol–water partition coefficient (Wildman–Crippen LogP) is 5.09. The molecule has 0 radical (unpaired) electrons. The van der Waals surface area contributed by atoms with Gasteiger partial charge in [-0.2, -0.15) is 0 Å². The summed E-state index contributed by atoms with van der Waals surface area (Å²) in [5.41, 5.74) is 2.19. The van der Waals surface area contributed by atoms with Crippen molar-refractivity contribution >= 4 is 35.3 Å². The van der Waals surface area contributed by atoms with Crippen molar-refractivity contribution in [2.75, 3.05) is 12.4 Å². The molecule has 0 spiro atoms. The third kappa shape index (κ3) is 4.54. The molecular formula is C24H26N2O3S. The summed E-state index contributed by atoms with van der Waals surface area (Å²) < 4.78 is 5.17. The van der Waals surface area contributed by atoms with E-state index in [1.807, 2.05) is 42.5 Å². The van der Waals surface area contributed by atoms with Crippen molar-refractivity contribution in [3.8, 4) is 5.75 Å². The average molecular weight is 423 g/mol. The summed E-state index contributed by atoms with van der Waals surface area (Å²) in [4.78, 5) is 26.9. The molecule has 2 aliphatic rings. The quantitative estimate of drug-likeness (QED) is 0.674. The molecule has 1 fully saturated rings. The molecule has 2 aromatic rings. The summed E-state index contributed by atoms with van der Waals surface area (Å²) in [7, 11) is 1.62. The summed E-state index contributed by atoms with van der Waals surface area (Å²) in [6.45, 7) is 2.20. The van der Waals surface area contributed by atoms with Gasteiger partial charge in [-0.3, -0.25) is 9.59 Å². The van der Waals surface area contributed by atoms with Gasteiger partial charge >= 0.3 is 0 Å². The third-order valence-corrected chi connectivity index (χ3v) is 6.87. The van der Waals surface area contributed by atoms with Crippen molar-refractivity contribution in [1.82, 2.24) is 5.32 Å². The van der Waals surface area contributed by atoms with Gasteiger partial charge in [-0.1, -0.05) is 43.7 Å². The van der Waals surface area contributed by atoms with E-state index in [2.05, 4.69) is 17.6 Å². The van der Waals surface area contributed by atoms with Crippen molar-refractivity contribution < 1.29 is 14.3 Å². The fourth-order valence-corrected chi connectivity index (χ4v) is 4.87. The van der Waals surface area contributed by atoms with Crippen LogP contribution in [0.2, 0.25) is 0 Å². The maximum Gasteiger partial charge on any atom is 0.262 e. The number of anilines is 1. The monoisotopic (exact) mass is 422 g/mol. The SMILES string of the molecule is COc1ccc(/C=C2/Sc3ccc(C(=O)N[C@@H]4CCCC[C@@H]4C)cc3NC2=O)cc1. The maximum atomic E-state index is 12.7. The van der Waals surface area contributed by atoms with E-state index < -0.39 is 0 Å². The Morgan fingerprint density at radius 2 is 1.93 bits per heavy atom. The highest BCUT2D eigenvalue weighted by Gasteiger charge is 2.25. The summed E-state index contributed by atoms with van der Waals surface area (Å²) in [5, 5.41) is 6.10. The molecule has 0 saturated heterocycles. The van der Waals surface area contributed by atoms with E-state index in [-0.39, 0.29) is 17.9 Å². The Morgan fingerprint density at radius 1 is 1.17 bits per heavy atom. The third-order valence-electron chi connectivity index (χ3n) is 5.78. The second-order valence-electron chi connectivity index (χ2n) is 7.89. The lowest BCUT2D eigenvalue weighted by Crippen LogP contribution is -2.41. The van der Waals surface area contributed by atoms with Crippen molar-refractivity contribution in [3.05, 3.63) is 58.5 Å². The van der Waals surface area contributed by atoms with Crippen LogP contribution in [0.5, 0.6) is 5.75 Å². The van der Waals surface area contributed by atoms with Gasteiger partial charge in [0.1, 0.15) is 5.75 Å². The molecule has 5 nitrogen and oxygen atoms in total. The predicted molar refractivity (Wildman–Crippen MR) is 121 cm³/mol. The van der Waals surface area contributed by atoms with Crippen LogP contribution in [0.1, 0.15) is 48.5 Å². The summed E-state index contributed by atoms with van der Waals surface area (Å²) in [6, 6.07) is 13.3. The topological polar surface area (TPSA) is 67.4 Å². The summed E-state index contributed by atoms with van der Waals surface area (Å²) in [6.07, 6.45) is 6.44. The molecule has 6 heteroatoms. The van der Waals surface area contributed by atoms with E-state index in [1.165, 1.54) is 18.2 Å². The Balaban J connectivity index is 1.49. The summed E-state index contributed by atoms with van der Waals surface area (Å²) >= 11 is 1.41. The van der Waals surface area contributed by atoms with Gasteiger partial charge < -0.3 is 15.4 Å². The average Bonchev–Trinajstić information content (AvgIpc) is 2.76. The molecule has 156 valence electrons. The van der Waals surface area contributed by atoms with Crippen LogP contribution < -0.4 is 15.4 Å². The van der Waals surface area contributed by atoms with Crippen molar-refractivity contribution in [2.45, 2.75) is 43.5 Å². The first-order chi connectivity index (χ1) is 14.5. The first-order valence-corrected chi connectivity index (χ1v) is 11.1. The van der Waals surface area contributed by atoms with Crippen LogP contribution >= 0.6 is 11.8 Å². The number of amides is 2.